The predicted molar refractivity (Wildman–Crippen MR) is 236 cm³/mol. The van der Waals surface area contributed by atoms with Crippen LogP contribution in [-0.2, 0) is 0 Å². The fraction of sp³-hybridized carbons (Fsp3) is 0. The molecule has 2 aliphatic heterocycles. The van der Waals surface area contributed by atoms with Gasteiger partial charge in [0.05, 0.1) is 11.0 Å². The van der Waals surface area contributed by atoms with Crippen molar-refractivity contribution in [1.82, 2.24) is 4.57 Å². The van der Waals surface area contributed by atoms with Gasteiger partial charge in [-0.1, -0.05) is 109 Å². The van der Waals surface area contributed by atoms with Crippen molar-refractivity contribution < 1.29 is 9.47 Å². The van der Waals surface area contributed by atoms with Crippen molar-refractivity contribution in [2.75, 3.05) is 4.90 Å². The van der Waals surface area contributed by atoms with Gasteiger partial charge in [0.15, 0.2) is 0 Å². The SMILES string of the molecule is c1ccc(-c2ccc(N(c3ccccc3)c3ccc4cc5c6cc7c(cc6n(-c6ccccc6)c5cc4c3)B3c4ccccc4Oc4cccc(c43)O7)cc2)cc1. The molecule has 0 saturated heterocycles. The molecule has 266 valence electrons. The van der Waals surface area contributed by atoms with Gasteiger partial charge in [0.2, 0.25) is 0 Å². The fourth-order valence-electron chi connectivity index (χ4n) is 9.07. The van der Waals surface area contributed by atoms with Crippen LogP contribution in [0.25, 0.3) is 49.4 Å². The Hall–Kier alpha value is -7.50. The minimum atomic E-state index is -0.0103. The zero-order chi connectivity index (χ0) is 37.5. The van der Waals surface area contributed by atoms with Crippen LogP contribution in [0.1, 0.15) is 0 Å². The van der Waals surface area contributed by atoms with Crippen LogP contribution in [0, 0.1) is 0 Å². The number of hydrogen-bond donors (Lipinski definition) is 0. The van der Waals surface area contributed by atoms with Gasteiger partial charge >= 0.3 is 0 Å². The Morgan fingerprint density at radius 1 is 0.386 bits per heavy atom. The molecule has 4 nitrogen and oxygen atoms in total. The smallest absolute Gasteiger partial charge is 0.260 e. The minimum absolute atomic E-state index is 0.0103. The van der Waals surface area contributed by atoms with Crippen molar-refractivity contribution in [3.8, 4) is 39.8 Å². The maximum atomic E-state index is 6.76. The van der Waals surface area contributed by atoms with E-state index in [0.717, 1.165) is 78.6 Å². The summed E-state index contributed by atoms with van der Waals surface area (Å²) >= 11 is 0. The van der Waals surface area contributed by atoms with E-state index < -0.39 is 0 Å². The first kappa shape index (κ1) is 31.8. The van der Waals surface area contributed by atoms with E-state index in [0.29, 0.717) is 0 Å². The van der Waals surface area contributed by atoms with Crippen LogP contribution in [0.2, 0.25) is 0 Å². The van der Waals surface area contributed by atoms with Crippen molar-refractivity contribution in [2.45, 2.75) is 0 Å². The third-order valence-corrected chi connectivity index (χ3v) is 11.7. The van der Waals surface area contributed by atoms with E-state index in [-0.39, 0.29) is 6.71 Å². The number of anilines is 3. The fourth-order valence-corrected chi connectivity index (χ4v) is 9.07. The lowest BCUT2D eigenvalue weighted by Crippen LogP contribution is -2.57. The Labute approximate surface area is 330 Å². The number of ether oxygens (including phenoxy) is 2. The topological polar surface area (TPSA) is 26.6 Å². The Morgan fingerprint density at radius 2 is 0.982 bits per heavy atom. The highest BCUT2D eigenvalue weighted by atomic mass is 16.5. The first-order chi connectivity index (χ1) is 28.2. The second kappa shape index (κ2) is 12.5. The van der Waals surface area contributed by atoms with Gasteiger partial charge in [-0.05, 0) is 124 Å². The number of aromatic nitrogens is 1. The number of nitrogens with zero attached hydrogens (tertiary/aromatic N) is 2. The number of rotatable bonds is 5. The van der Waals surface area contributed by atoms with Crippen LogP contribution in [0.15, 0.2) is 200 Å². The molecular weight excluding hydrogens is 695 g/mol. The van der Waals surface area contributed by atoms with Crippen LogP contribution in [0.3, 0.4) is 0 Å². The standard InChI is InChI=1S/C52H33BN2O2/c1-4-13-34(14-5-1)35-23-26-40(27-24-35)54(38-15-6-2-7-16-38)41-28-25-36-30-42-43-32-51-45(33-47(43)55(39-17-8-3-9-18-39)46(42)31-37(36)29-41)53-44-19-10-11-20-48(44)56-49-21-12-22-50(57-51)52(49)53/h1-33H. The molecule has 3 heterocycles. The molecule has 2 aliphatic rings. The third-order valence-electron chi connectivity index (χ3n) is 11.7. The summed E-state index contributed by atoms with van der Waals surface area (Å²) in [4.78, 5) is 2.34. The molecule has 0 atom stereocenters. The normalized spacial score (nSPS) is 12.5. The van der Waals surface area contributed by atoms with Gasteiger partial charge in [0, 0.05) is 39.0 Å². The maximum absolute atomic E-state index is 6.76. The lowest BCUT2D eigenvalue weighted by molar-refractivity contribution is 0.465. The maximum Gasteiger partial charge on any atom is 0.260 e. The first-order valence-electron chi connectivity index (χ1n) is 19.4. The van der Waals surface area contributed by atoms with Crippen molar-refractivity contribution in [3.05, 3.63) is 200 Å². The first-order valence-corrected chi connectivity index (χ1v) is 19.4. The Bertz CT molecular complexity index is 3180. The van der Waals surface area contributed by atoms with Gasteiger partial charge in [-0.25, -0.2) is 0 Å². The average Bonchev–Trinajstić information content (AvgIpc) is 3.57. The average molecular weight is 729 g/mol. The van der Waals surface area contributed by atoms with Crippen LogP contribution >= 0.6 is 0 Å². The third kappa shape index (κ3) is 5.02. The van der Waals surface area contributed by atoms with Crippen molar-refractivity contribution >= 4 is 72.7 Å². The lowest BCUT2D eigenvalue weighted by Gasteiger charge is -2.32. The lowest BCUT2D eigenvalue weighted by atomic mass is 9.35. The monoisotopic (exact) mass is 728 g/mol. The molecule has 0 N–H and O–H groups in total. The molecule has 10 aromatic rings. The molecule has 0 saturated carbocycles. The van der Waals surface area contributed by atoms with Crippen molar-refractivity contribution in [2.24, 2.45) is 0 Å². The van der Waals surface area contributed by atoms with Crippen LogP contribution in [0.4, 0.5) is 17.1 Å². The van der Waals surface area contributed by atoms with Gasteiger partial charge in [-0.2, -0.15) is 0 Å². The van der Waals surface area contributed by atoms with E-state index in [9.17, 15) is 0 Å². The zero-order valence-electron chi connectivity index (χ0n) is 30.8. The van der Waals surface area contributed by atoms with Gasteiger partial charge in [0.25, 0.3) is 6.71 Å². The van der Waals surface area contributed by atoms with Crippen molar-refractivity contribution in [3.63, 3.8) is 0 Å². The molecule has 9 aromatic carbocycles. The molecule has 1 aromatic heterocycles. The number of benzene rings is 9. The highest BCUT2D eigenvalue weighted by Gasteiger charge is 2.40. The molecule has 5 heteroatoms. The zero-order valence-corrected chi connectivity index (χ0v) is 30.8. The summed E-state index contributed by atoms with van der Waals surface area (Å²) in [7, 11) is 0. The molecule has 0 spiro atoms. The number of hydrogen-bond acceptors (Lipinski definition) is 3. The van der Waals surface area contributed by atoms with Crippen LogP contribution < -0.4 is 30.8 Å². The van der Waals surface area contributed by atoms with Crippen LogP contribution in [-0.4, -0.2) is 11.3 Å². The second-order valence-corrected chi connectivity index (χ2v) is 14.9. The number of fused-ring (bicyclic) bond motifs is 8. The molecule has 0 aliphatic carbocycles. The summed E-state index contributed by atoms with van der Waals surface area (Å²) in [5.41, 5.74) is 12.5. The van der Waals surface area contributed by atoms with E-state index in [1.54, 1.807) is 0 Å². The van der Waals surface area contributed by atoms with E-state index in [2.05, 4.69) is 191 Å². The number of para-hydroxylation sites is 3. The van der Waals surface area contributed by atoms with E-state index in [1.165, 1.54) is 27.3 Å². The Kier molecular flexibility index (Phi) is 6.99. The molecule has 0 bridgehead atoms. The van der Waals surface area contributed by atoms with Crippen LogP contribution in [0.5, 0.6) is 23.0 Å². The highest BCUT2D eigenvalue weighted by molar-refractivity contribution is 6.98. The van der Waals surface area contributed by atoms with Gasteiger partial charge in [0.1, 0.15) is 23.0 Å². The summed E-state index contributed by atoms with van der Waals surface area (Å²) in [5.74, 6) is 3.47. The van der Waals surface area contributed by atoms with Gasteiger partial charge in [-0.15, -0.1) is 0 Å². The van der Waals surface area contributed by atoms with Gasteiger partial charge in [-0.3, -0.25) is 0 Å². The molecule has 57 heavy (non-hydrogen) atoms. The molecule has 0 radical (unpaired) electrons. The quantitative estimate of drug-likeness (QED) is 0.165. The minimum Gasteiger partial charge on any atom is -0.458 e. The summed E-state index contributed by atoms with van der Waals surface area (Å²) in [6.45, 7) is -0.0103. The molecule has 0 fully saturated rings. The predicted octanol–water partition coefficient (Wildman–Crippen LogP) is 11.8. The summed E-state index contributed by atoms with van der Waals surface area (Å²) in [6.07, 6.45) is 0. The summed E-state index contributed by atoms with van der Waals surface area (Å²) < 4.78 is 15.6. The largest absolute Gasteiger partial charge is 0.458 e. The second-order valence-electron chi connectivity index (χ2n) is 14.9. The summed E-state index contributed by atoms with van der Waals surface area (Å²) in [6, 6.07) is 71.4. The molecule has 0 amide bonds. The van der Waals surface area contributed by atoms with E-state index >= 15 is 0 Å². The van der Waals surface area contributed by atoms with Gasteiger partial charge < -0.3 is 18.9 Å². The van der Waals surface area contributed by atoms with E-state index in [1.807, 2.05) is 18.2 Å². The summed E-state index contributed by atoms with van der Waals surface area (Å²) in [5, 5.41) is 4.68. The highest BCUT2D eigenvalue weighted by Crippen LogP contribution is 2.42. The Morgan fingerprint density at radius 3 is 1.77 bits per heavy atom. The Balaban J connectivity index is 1.06. The molecular formula is C52H33BN2O2. The van der Waals surface area contributed by atoms with E-state index in [4.69, 9.17) is 9.47 Å². The molecule has 12 rings (SSSR count). The molecule has 0 unspecified atom stereocenters. The van der Waals surface area contributed by atoms with Crippen molar-refractivity contribution in [1.29, 1.82) is 0 Å².